The van der Waals surface area contributed by atoms with Gasteiger partial charge in [0.15, 0.2) is 0 Å². The van der Waals surface area contributed by atoms with Crippen LogP contribution in [0.3, 0.4) is 0 Å². The molecule has 9 heavy (non-hydrogen) atoms. The van der Waals surface area contributed by atoms with Crippen molar-refractivity contribution in [3.63, 3.8) is 0 Å². The lowest BCUT2D eigenvalue weighted by atomic mass is 10.2. The van der Waals surface area contributed by atoms with Crippen LogP contribution >= 0.6 is 0 Å². The molecule has 0 aliphatic heterocycles. The lowest BCUT2D eigenvalue weighted by molar-refractivity contribution is 0.371. The van der Waals surface area contributed by atoms with Crippen LogP contribution in [0, 0.1) is 12.0 Å². The minimum atomic E-state index is 0.759. The van der Waals surface area contributed by atoms with Gasteiger partial charge in [-0.25, -0.2) is 0 Å². The molecule has 0 amide bonds. The van der Waals surface area contributed by atoms with E-state index in [-0.39, 0.29) is 0 Å². The Bertz CT molecular complexity index is 101. The molecule has 2 heteroatoms. The lowest BCUT2D eigenvalue weighted by Gasteiger charge is -1.87. The second-order valence-electron chi connectivity index (χ2n) is 1.73. The van der Waals surface area contributed by atoms with Crippen LogP contribution in [0.25, 0.3) is 0 Å². The predicted octanol–water partition coefficient (Wildman–Crippen LogP) is 0.723. The van der Waals surface area contributed by atoms with Crippen molar-refractivity contribution in [2.75, 3.05) is 13.7 Å². The van der Waals surface area contributed by atoms with Crippen LogP contribution in [0.5, 0.6) is 0 Å². The standard InChI is InChI=1S/C7H13NO/c1-9-7-5-3-2-4-6-8/h2-4,6,8H2,1H3. The molecule has 0 fully saturated rings. The van der Waals surface area contributed by atoms with E-state index in [9.17, 15) is 0 Å². The minimum Gasteiger partial charge on any atom is -0.450 e. The molecule has 0 heterocycles. The van der Waals surface area contributed by atoms with E-state index in [1.54, 1.807) is 7.11 Å². The molecule has 0 rings (SSSR count). The highest BCUT2D eigenvalue weighted by Crippen LogP contribution is 1.89. The van der Waals surface area contributed by atoms with E-state index in [0.29, 0.717) is 0 Å². The second-order valence-corrected chi connectivity index (χ2v) is 1.73. The Labute approximate surface area is 56.4 Å². The fraction of sp³-hybridized carbons (Fsp3) is 0.714. The molecule has 0 aromatic heterocycles. The summed E-state index contributed by atoms with van der Waals surface area (Å²) in [6.45, 7) is 0.759. The molecule has 2 N–H and O–H groups in total. The maximum atomic E-state index is 5.26. The summed E-state index contributed by atoms with van der Waals surface area (Å²) in [6, 6.07) is 0. The molecule has 0 aromatic carbocycles. The number of hydrogen-bond acceptors (Lipinski definition) is 2. The Hall–Kier alpha value is -0.680. The number of methoxy groups -OCH3 is 1. The van der Waals surface area contributed by atoms with Crippen molar-refractivity contribution in [3.8, 4) is 12.0 Å². The average Bonchev–Trinajstić information content (AvgIpc) is 1.89. The second kappa shape index (κ2) is 7.32. The molecule has 0 saturated heterocycles. The van der Waals surface area contributed by atoms with Gasteiger partial charge in [-0.3, -0.25) is 0 Å². The quantitative estimate of drug-likeness (QED) is 0.448. The number of unbranched alkanes of at least 4 members (excludes halogenated alkanes) is 2. The van der Waals surface area contributed by atoms with E-state index in [0.717, 1.165) is 25.8 Å². The van der Waals surface area contributed by atoms with Gasteiger partial charge in [-0.2, -0.15) is 0 Å². The molecule has 0 aliphatic rings. The third kappa shape index (κ3) is 7.32. The van der Waals surface area contributed by atoms with E-state index < -0.39 is 0 Å². The Morgan fingerprint density at radius 2 is 2.22 bits per heavy atom. The monoisotopic (exact) mass is 127 g/mol. The van der Waals surface area contributed by atoms with Gasteiger partial charge in [-0.05, 0) is 19.4 Å². The summed E-state index contributed by atoms with van der Waals surface area (Å²) in [5, 5.41) is 0. The molecule has 52 valence electrons. The molecular formula is C7H13NO. The highest BCUT2D eigenvalue weighted by molar-refractivity contribution is 4.90. The van der Waals surface area contributed by atoms with Crippen molar-refractivity contribution in [3.05, 3.63) is 0 Å². The zero-order valence-electron chi connectivity index (χ0n) is 5.81. The van der Waals surface area contributed by atoms with Crippen LogP contribution in [-0.2, 0) is 4.74 Å². The molecule has 0 spiro atoms. The number of hydrogen-bond donors (Lipinski definition) is 1. The largest absolute Gasteiger partial charge is 0.450 e. The summed E-state index contributed by atoms with van der Waals surface area (Å²) >= 11 is 0. The smallest absolute Gasteiger partial charge is 0.109 e. The fourth-order valence-electron chi connectivity index (χ4n) is 0.481. The zero-order valence-corrected chi connectivity index (χ0v) is 5.81. The van der Waals surface area contributed by atoms with Crippen LogP contribution < -0.4 is 5.73 Å². The molecule has 0 saturated carbocycles. The van der Waals surface area contributed by atoms with E-state index >= 15 is 0 Å². The van der Waals surface area contributed by atoms with Crippen molar-refractivity contribution in [2.24, 2.45) is 5.73 Å². The predicted molar refractivity (Wildman–Crippen MR) is 37.7 cm³/mol. The highest BCUT2D eigenvalue weighted by atomic mass is 16.5. The van der Waals surface area contributed by atoms with Crippen LogP contribution in [0.2, 0.25) is 0 Å². The van der Waals surface area contributed by atoms with Gasteiger partial charge in [0.1, 0.15) is 6.11 Å². The third-order valence-corrected chi connectivity index (χ3v) is 0.930. The minimum absolute atomic E-state index is 0.759. The summed E-state index contributed by atoms with van der Waals surface area (Å²) in [5.74, 6) is 2.84. The van der Waals surface area contributed by atoms with Crippen molar-refractivity contribution in [2.45, 2.75) is 19.3 Å². The van der Waals surface area contributed by atoms with E-state index in [4.69, 9.17) is 5.73 Å². The molecule has 0 unspecified atom stereocenters. The normalized spacial score (nSPS) is 7.78. The first-order chi connectivity index (χ1) is 4.41. The van der Waals surface area contributed by atoms with Crippen molar-refractivity contribution in [1.82, 2.24) is 0 Å². The topological polar surface area (TPSA) is 35.2 Å². The molecule has 0 bridgehead atoms. The Morgan fingerprint density at radius 3 is 2.78 bits per heavy atom. The number of rotatable bonds is 3. The first-order valence-electron chi connectivity index (χ1n) is 3.12. The van der Waals surface area contributed by atoms with E-state index in [2.05, 4.69) is 16.8 Å². The first-order valence-corrected chi connectivity index (χ1v) is 3.12. The van der Waals surface area contributed by atoms with Gasteiger partial charge in [0.25, 0.3) is 0 Å². The van der Waals surface area contributed by atoms with Gasteiger partial charge >= 0.3 is 0 Å². The maximum Gasteiger partial charge on any atom is 0.109 e. The average molecular weight is 127 g/mol. The van der Waals surface area contributed by atoms with E-state index in [1.165, 1.54) is 0 Å². The summed E-state index contributed by atoms with van der Waals surface area (Å²) in [7, 11) is 1.57. The zero-order chi connectivity index (χ0) is 6.95. The van der Waals surface area contributed by atoms with Gasteiger partial charge in [0.05, 0.1) is 7.11 Å². The SMILES string of the molecule is COC#CCCCCN. The Morgan fingerprint density at radius 1 is 1.44 bits per heavy atom. The third-order valence-electron chi connectivity index (χ3n) is 0.930. The van der Waals surface area contributed by atoms with Crippen molar-refractivity contribution >= 4 is 0 Å². The molecule has 0 radical (unpaired) electrons. The molecule has 0 atom stereocenters. The van der Waals surface area contributed by atoms with Crippen LogP contribution in [0.15, 0.2) is 0 Å². The molecular weight excluding hydrogens is 114 g/mol. The van der Waals surface area contributed by atoms with Gasteiger partial charge < -0.3 is 10.5 Å². The van der Waals surface area contributed by atoms with Gasteiger partial charge in [-0.15, -0.1) is 0 Å². The Balaban J connectivity index is 2.90. The first kappa shape index (κ1) is 8.32. The van der Waals surface area contributed by atoms with Crippen molar-refractivity contribution in [1.29, 1.82) is 0 Å². The van der Waals surface area contributed by atoms with Crippen LogP contribution in [-0.4, -0.2) is 13.7 Å². The molecule has 0 aromatic rings. The molecule has 0 aliphatic carbocycles. The highest BCUT2D eigenvalue weighted by Gasteiger charge is 1.79. The summed E-state index contributed by atoms with van der Waals surface area (Å²) in [5.41, 5.74) is 5.26. The fourth-order valence-corrected chi connectivity index (χ4v) is 0.481. The molecule has 2 nitrogen and oxygen atoms in total. The van der Waals surface area contributed by atoms with Gasteiger partial charge in [-0.1, -0.05) is 5.92 Å². The Kier molecular flexibility index (Phi) is 6.77. The van der Waals surface area contributed by atoms with Gasteiger partial charge in [0, 0.05) is 6.42 Å². The van der Waals surface area contributed by atoms with Crippen LogP contribution in [0.4, 0.5) is 0 Å². The summed E-state index contributed by atoms with van der Waals surface area (Å²) in [4.78, 5) is 0. The number of ether oxygens (including phenoxy) is 1. The lowest BCUT2D eigenvalue weighted by Crippen LogP contribution is -1.96. The van der Waals surface area contributed by atoms with Gasteiger partial charge in [0.2, 0.25) is 0 Å². The maximum absolute atomic E-state index is 5.26. The summed E-state index contributed by atoms with van der Waals surface area (Å²) < 4.78 is 4.53. The van der Waals surface area contributed by atoms with Crippen molar-refractivity contribution < 1.29 is 4.74 Å². The van der Waals surface area contributed by atoms with Crippen LogP contribution in [0.1, 0.15) is 19.3 Å². The number of nitrogens with two attached hydrogens (primary N) is 1. The summed E-state index contributed by atoms with van der Waals surface area (Å²) in [6.07, 6.45) is 5.54. The van der Waals surface area contributed by atoms with E-state index in [1.807, 2.05) is 0 Å².